The summed E-state index contributed by atoms with van der Waals surface area (Å²) in [7, 11) is 0. The third-order valence-corrected chi connectivity index (χ3v) is 4.79. The Balaban J connectivity index is 1.47. The fourth-order valence-corrected chi connectivity index (χ4v) is 3.41. The molecular weight excluding hydrogens is 374 g/mol. The molecule has 6 nitrogen and oxygen atoms in total. The maximum Gasteiger partial charge on any atom is 0.407 e. The maximum atomic E-state index is 11.8. The molecule has 7 heteroatoms. The van der Waals surface area contributed by atoms with E-state index in [1.165, 1.54) is 18.3 Å². The first-order valence-electron chi connectivity index (χ1n) is 8.87. The molecule has 0 radical (unpaired) electrons. The summed E-state index contributed by atoms with van der Waals surface area (Å²) >= 11 is 1.53. The molecule has 0 aliphatic carbocycles. The molecule has 2 aromatic carbocycles. The Hall–Kier alpha value is -3.19. The molecule has 3 rings (SSSR count). The summed E-state index contributed by atoms with van der Waals surface area (Å²) in [6.07, 6.45) is 0.171. The Bertz CT molecular complexity index is 941. The van der Waals surface area contributed by atoms with Gasteiger partial charge < -0.3 is 15.4 Å². The number of hydrogen-bond acceptors (Lipinski definition) is 5. The highest BCUT2D eigenvalue weighted by Gasteiger charge is 2.08. The van der Waals surface area contributed by atoms with Gasteiger partial charge in [-0.1, -0.05) is 42.5 Å². The van der Waals surface area contributed by atoms with Crippen LogP contribution in [-0.2, 0) is 22.6 Å². The van der Waals surface area contributed by atoms with Gasteiger partial charge in [-0.2, -0.15) is 0 Å². The van der Waals surface area contributed by atoms with E-state index in [1.54, 1.807) is 0 Å². The molecular formula is C21H21N3O3S. The van der Waals surface area contributed by atoms with Gasteiger partial charge >= 0.3 is 6.09 Å². The van der Waals surface area contributed by atoms with E-state index in [-0.39, 0.29) is 12.5 Å². The van der Waals surface area contributed by atoms with Crippen LogP contribution >= 0.6 is 11.3 Å². The highest BCUT2D eigenvalue weighted by Crippen LogP contribution is 2.26. The molecule has 3 aromatic rings. The Labute approximate surface area is 167 Å². The number of anilines is 1. The van der Waals surface area contributed by atoms with Crippen molar-refractivity contribution in [1.82, 2.24) is 10.3 Å². The van der Waals surface area contributed by atoms with Gasteiger partial charge in [-0.15, -0.1) is 11.3 Å². The normalized spacial score (nSPS) is 10.3. The minimum Gasteiger partial charge on any atom is -0.445 e. The molecule has 1 heterocycles. The highest BCUT2D eigenvalue weighted by atomic mass is 32.1. The molecule has 2 N–H and O–H groups in total. The molecule has 144 valence electrons. The topological polar surface area (TPSA) is 80.3 Å². The number of nitrogens with one attached hydrogen (secondary N) is 2. The van der Waals surface area contributed by atoms with E-state index in [9.17, 15) is 9.59 Å². The van der Waals surface area contributed by atoms with Gasteiger partial charge in [-0.05, 0) is 17.7 Å². The molecule has 0 unspecified atom stereocenters. The monoisotopic (exact) mass is 395 g/mol. The van der Waals surface area contributed by atoms with Crippen molar-refractivity contribution in [2.45, 2.75) is 20.0 Å². The summed E-state index contributed by atoms with van der Waals surface area (Å²) in [4.78, 5) is 27.6. The van der Waals surface area contributed by atoms with Gasteiger partial charge in [-0.25, -0.2) is 9.78 Å². The molecule has 0 atom stereocenters. The number of amides is 2. The number of nitrogens with zero attached hydrogens (tertiary/aromatic N) is 1. The predicted molar refractivity (Wildman–Crippen MR) is 110 cm³/mol. The zero-order valence-corrected chi connectivity index (χ0v) is 16.3. The van der Waals surface area contributed by atoms with Crippen LogP contribution in [0.2, 0.25) is 0 Å². The van der Waals surface area contributed by atoms with Gasteiger partial charge in [0.05, 0.1) is 5.69 Å². The fourth-order valence-electron chi connectivity index (χ4n) is 2.55. The zero-order chi connectivity index (χ0) is 19.8. The largest absolute Gasteiger partial charge is 0.445 e. The van der Waals surface area contributed by atoms with Crippen molar-refractivity contribution in [2.75, 3.05) is 11.9 Å². The molecule has 0 saturated heterocycles. The van der Waals surface area contributed by atoms with Gasteiger partial charge in [0.1, 0.15) is 11.6 Å². The van der Waals surface area contributed by atoms with Gasteiger partial charge in [0.15, 0.2) is 0 Å². The molecule has 0 saturated carbocycles. The van der Waals surface area contributed by atoms with Crippen molar-refractivity contribution >= 4 is 29.0 Å². The molecule has 0 spiro atoms. The van der Waals surface area contributed by atoms with Crippen molar-refractivity contribution in [3.05, 3.63) is 71.2 Å². The summed E-state index contributed by atoms with van der Waals surface area (Å²) in [5.41, 5.74) is 3.53. The molecule has 0 fully saturated rings. The minimum atomic E-state index is -0.442. The summed E-state index contributed by atoms with van der Waals surface area (Å²) in [6, 6.07) is 17.1. The van der Waals surface area contributed by atoms with Crippen LogP contribution in [0, 0.1) is 0 Å². The van der Waals surface area contributed by atoms with E-state index < -0.39 is 6.09 Å². The second-order valence-electron chi connectivity index (χ2n) is 6.14. The third kappa shape index (κ3) is 5.92. The fraction of sp³-hybridized carbons (Fsp3) is 0.190. The van der Waals surface area contributed by atoms with Crippen LogP contribution in [0.4, 0.5) is 10.5 Å². The molecule has 0 aliphatic rings. The predicted octanol–water partition coefficient (Wildman–Crippen LogP) is 4.24. The lowest BCUT2D eigenvalue weighted by Gasteiger charge is -2.06. The number of aromatic nitrogens is 1. The van der Waals surface area contributed by atoms with Crippen LogP contribution in [0.3, 0.4) is 0 Å². The van der Waals surface area contributed by atoms with Crippen LogP contribution in [0.5, 0.6) is 0 Å². The number of alkyl carbamates (subject to hydrolysis) is 1. The van der Waals surface area contributed by atoms with Crippen molar-refractivity contribution in [3.8, 4) is 10.6 Å². The molecule has 2 amide bonds. The Morgan fingerprint density at radius 1 is 1.11 bits per heavy atom. The standard InChI is InChI=1S/C21H21N3O3S/c1-15(25)23-18-9-5-8-17(12-18)20-24-19(14-28-20)10-11-22-21(26)27-13-16-6-3-2-4-7-16/h2-9,12,14H,10-11,13H2,1H3,(H,22,26)(H,23,25). The Morgan fingerprint density at radius 3 is 2.71 bits per heavy atom. The average molecular weight is 395 g/mol. The maximum absolute atomic E-state index is 11.8. The van der Waals surface area contributed by atoms with Crippen LogP contribution in [0.1, 0.15) is 18.2 Å². The third-order valence-electron chi connectivity index (χ3n) is 3.84. The van der Waals surface area contributed by atoms with Crippen molar-refractivity contribution < 1.29 is 14.3 Å². The van der Waals surface area contributed by atoms with E-state index in [0.29, 0.717) is 13.0 Å². The first kappa shape index (κ1) is 19.6. The van der Waals surface area contributed by atoms with Gasteiger partial charge in [0.25, 0.3) is 0 Å². The Morgan fingerprint density at radius 2 is 1.93 bits per heavy atom. The van der Waals surface area contributed by atoms with Crippen LogP contribution in [0.15, 0.2) is 60.0 Å². The van der Waals surface area contributed by atoms with Crippen LogP contribution < -0.4 is 10.6 Å². The number of hydrogen-bond donors (Lipinski definition) is 2. The summed E-state index contributed by atoms with van der Waals surface area (Å²) in [5.74, 6) is -0.109. The van der Waals surface area contributed by atoms with E-state index in [1.807, 2.05) is 60.0 Å². The van der Waals surface area contributed by atoms with Crippen molar-refractivity contribution in [2.24, 2.45) is 0 Å². The Kier molecular flexibility index (Phi) is 6.75. The van der Waals surface area contributed by atoms with Crippen molar-refractivity contribution in [1.29, 1.82) is 0 Å². The van der Waals surface area contributed by atoms with E-state index in [4.69, 9.17) is 4.74 Å². The second kappa shape index (κ2) is 9.66. The van der Waals surface area contributed by atoms with Crippen LogP contribution in [0.25, 0.3) is 10.6 Å². The molecule has 1 aromatic heterocycles. The number of ether oxygens (including phenoxy) is 1. The summed E-state index contributed by atoms with van der Waals surface area (Å²) in [5, 5.41) is 8.34. The number of carbonyl (C=O) groups is 2. The van der Waals surface area contributed by atoms with Gasteiger partial charge in [0.2, 0.25) is 5.91 Å². The lowest BCUT2D eigenvalue weighted by atomic mass is 10.2. The van der Waals surface area contributed by atoms with Gasteiger partial charge in [-0.3, -0.25) is 4.79 Å². The van der Waals surface area contributed by atoms with E-state index in [0.717, 1.165) is 27.5 Å². The highest BCUT2D eigenvalue weighted by molar-refractivity contribution is 7.13. The van der Waals surface area contributed by atoms with Crippen molar-refractivity contribution in [3.63, 3.8) is 0 Å². The van der Waals surface area contributed by atoms with E-state index >= 15 is 0 Å². The minimum absolute atomic E-state index is 0.109. The van der Waals surface area contributed by atoms with Gasteiger partial charge in [0, 0.05) is 36.5 Å². The quantitative estimate of drug-likeness (QED) is 0.627. The average Bonchev–Trinajstić information content (AvgIpc) is 3.16. The second-order valence-corrected chi connectivity index (χ2v) is 7.00. The number of benzene rings is 2. The summed E-state index contributed by atoms with van der Waals surface area (Å²) in [6.45, 7) is 2.17. The smallest absolute Gasteiger partial charge is 0.407 e. The first-order chi connectivity index (χ1) is 13.6. The molecule has 0 aliphatic heterocycles. The first-order valence-corrected chi connectivity index (χ1v) is 9.75. The number of carbonyl (C=O) groups excluding carboxylic acids is 2. The summed E-state index contributed by atoms with van der Waals surface area (Å²) < 4.78 is 5.18. The SMILES string of the molecule is CC(=O)Nc1cccc(-c2nc(CCNC(=O)OCc3ccccc3)cs2)c1. The van der Waals surface area contributed by atoms with Crippen LogP contribution in [-0.4, -0.2) is 23.5 Å². The number of thiazole rings is 1. The lowest BCUT2D eigenvalue weighted by molar-refractivity contribution is -0.114. The lowest BCUT2D eigenvalue weighted by Crippen LogP contribution is -2.26. The zero-order valence-electron chi connectivity index (χ0n) is 15.5. The van der Waals surface area contributed by atoms with E-state index in [2.05, 4.69) is 15.6 Å². The molecule has 0 bridgehead atoms. The number of rotatable bonds is 7. The molecule has 28 heavy (non-hydrogen) atoms.